The molecule has 2 N–H and O–H groups in total. The van der Waals surface area contributed by atoms with Gasteiger partial charge in [-0.1, -0.05) is 12.2 Å². The Kier molecular flexibility index (Phi) is 4.44. The fourth-order valence-corrected chi connectivity index (χ4v) is 0.773. The van der Waals surface area contributed by atoms with Gasteiger partial charge in [0.25, 0.3) is 6.43 Å². The average molecular weight is 182 g/mol. The summed E-state index contributed by atoms with van der Waals surface area (Å²) in [5.74, 6) is 0. The van der Waals surface area contributed by atoms with Crippen molar-refractivity contribution in [3.05, 3.63) is 0 Å². The van der Waals surface area contributed by atoms with Gasteiger partial charge in [-0.2, -0.15) is 0 Å². The second-order valence-electron chi connectivity index (χ2n) is 2.41. The number of nitrogens with two attached hydrogens (primary N) is 1. The van der Waals surface area contributed by atoms with E-state index >= 15 is 0 Å². The number of hydrogen-bond acceptors (Lipinski definition) is 2. The first kappa shape index (κ1) is 10.7. The van der Waals surface area contributed by atoms with E-state index in [1.165, 1.54) is 4.90 Å². The molecule has 1 atom stereocenters. The van der Waals surface area contributed by atoms with Gasteiger partial charge in [0.1, 0.15) is 0 Å². The van der Waals surface area contributed by atoms with Crippen molar-refractivity contribution < 1.29 is 8.78 Å². The maximum Gasteiger partial charge on any atom is 0.251 e. The molecule has 0 fully saturated rings. The third-order valence-corrected chi connectivity index (χ3v) is 1.84. The molecule has 0 aromatic carbocycles. The quantitative estimate of drug-likeness (QED) is 0.654. The zero-order valence-electron chi connectivity index (χ0n) is 6.55. The van der Waals surface area contributed by atoms with Crippen molar-refractivity contribution in [2.24, 2.45) is 5.73 Å². The zero-order valence-corrected chi connectivity index (χ0v) is 7.37. The molecule has 0 aromatic heterocycles. The van der Waals surface area contributed by atoms with Crippen LogP contribution in [0.3, 0.4) is 0 Å². The highest BCUT2D eigenvalue weighted by Crippen LogP contribution is 2.00. The van der Waals surface area contributed by atoms with Crippen LogP contribution in [0.1, 0.15) is 6.92 Å². The van der Waals surface area contributed by atoms with Crippen LogP contribution in [-0.4, -0.2) is 35.9 Å². The second kappa shape index (κ2) is 4.56. The van der Waals surface area contributed by atoms with E-state index in [1.54, 1.807) is 14.0 Å². The summed E-state index contributed by atoms with van der Waals surface area (Å²) in [6, 6.07) is -0.265. The Balaban J connectivity index is 3.82. The number of likely N-dealkylation sites (N-methyl/N-ethyl adjacent to an activating group) is 1. The molecule has 0 amide bonds. The Hall–Kier alpha value is -0.290. The van der Waals surface area contributed by atoms with Crippen LogP contribution in [0.4, 0.5) is 8.78 Å². The molecule has 0 rings (SSSR count). The van der Waals surface area contributed by atoms with Crippen LogP contribution in [0.2, 0.25) is 0 Å². The maximum absolute atomic E-state index is 11.8. The summed E-state index contributed by atoms with van der Waals surface area (Å²) in [4.78, 5) is 1.67. The monoisotopic (exact) mass is 182 g/mol. The van der Waals surface area contributed by atoms with Crippen LogP contribution in [0.15, 0.2) is 0 Å². The molecular formula is C6H12F2N2S. The molecule has 0 bridgehead atoms. The summed E-state index contributed by atoms with van der Waals surface area (Å²) in [6.45, 7) is 1.41. The van der Waals surface area contributed by atoms with E-state index in [-0.39, 0.29) is 17.6 Å². The SMILES string of the molecule is CC(C(N)=S)N(C)CC(F)F. The molecule has 0 saturated carbocycles. The van der Waals surface area contributed by atoms with Crippen LogP contribution in [0.25, 0.3) is 0 Å². The van der Waals surface area contributed by atoms with E-state index in [9.17, 15) is 8.78 Å². The Morgan fingerprint density at radius 1 is 1.64 bits per heavy atom. The smallest absolute Gasteiger partial charge is 0.251 e. The molecule has 0 aromatic rings. The number of hydrogen-bond donors (Lipinski definition) is 1. The number of halogens is 2. The second-order valence-corrected chi connectivity index (χ2v) is 2.88. The average Bonchev–Trinajstić information content (AvgIpc) is 1.84. The highest BCUT2D eigenvalue weighted by molar-refractivity contribution is 7.80. The minimum absolute atomic E-state index is 0.244. The van der Waals surface area contributed by atoms with Gasteiger partial charge in [0.15, 0.2) is 0 Å². The van der Waals surface area contributed by atoms with Gasteiger partial charge in [0, 0.05) is 0 Å². The molecule has 0 saturated heterocycles. The van der Waals surface area contributed by atoms with Gasteiger partial charge in [-0.05, 0) is 14.0 Å². The lowest BCUT2D eigenvalue weighted by molar-refractivity contribution is 0.0954. The third kappa shape index (κ3) is 4.21. The first-order valence-corrected chi connectivity index (χ1v) is 3.63. The lowest BCUT2D eigenvalue weighted by Gasteiger charge is -2.22. The Bertz CT molecular complexity index is 141. The Morgan fingerprint density at radius 2 is 2.09 bits per heavy atom. The van der Waals surface area contributed by atoms with E-state index in [2.05, 4.69) is 12.2 Å². The summed E-state index contributed by atoms with van der Waals surface area (Å²) in [6.07, 6.45) is -2.34. The van der Waals surface area contributed by atoms with E-state index in [0.717, 1.165) is 0 Å². The van der Waals surface area contributed by atoms with E-state index in [0.29, 0.717) is 0 Å². The molecular weight excluding hydrogens is 170 g/mol. The van der Waals surface area contributed by atoms with Gasteiger partial charge in [-0.3, -0.25) is 4.90 Å². The van der Waals surface area contributed by atoms with Crippen molar-refractivity contribution in [1.82, 2.24) is 4.90 Å². The predicted molar refractivity (Wildman–Crippen MR) is 44.9 cm³/mol. The van der Waals surface area contributed by atoms with Crippen molar-refractivity contribution in [2.45, 2.75) is 19.4 Å². The molecule has 0 aliphatic carbocycles. The molecule has 0 heterocycles. The van der Waals surface area contributed by atoms with Crippen molar-refractivity contribution in [1.29, 1.82) is 0 Å². The van der Waals surface area contributed by atoms with Gasteiger partial charge >= 0.3 is 0 Å². The molecule has 11 heavy (non-hydrogen) atoms. The van der Waals surface area contributed by atoms with Crippen LogP contribution in [-0.2, 0) is 0 Å². The minimum Gasteiger partial charge on any atom is -0.392 e. The first-order chi connectivity index (χ1) is 4.95. The maximum atomic E-state index is 11.8. The Labute approximate surface area is 70.4 Å². The lowest BCUT2D eigenvalue weighted by atomic mass is 10.3. The van der Waals surface area contributed by atoms with Gasteiger partial charge in [0.2, 0.25) is 0 Å². The van der Waals surface area contributed by atoms with Crippen LogP contribution < -0.4 is 5.73 Å². The molecule has 0 spiro atoms. The topological polar surface area (TPSA) is 29.3 Å². The molecule has 0 radical (unpaired) electrons. The number of thiocarbonyl (C=S) groups is 1. The van der Waals surface area contributed by atoms with Gasteiger partial charge in [0.05, 0.1) is 17.6 Å². The third-order valence-electron chi connectivity index (χ3n) is 1.50. The van der Waals surface area contributed by atoms with Crippen molar-refractivity contribution in [3.63, 3.8) is 0 Å². The number of nitrogens with zero attached hydrogens (tertiary/aromatic N) is 1. The summed E-state index contributed by atoms with van der Waals surface area (Å²) in [5.41, 5.74) is 5.26. The van der Waals surface area contributed by atoms with Crippen LogP contribution >= 0.6 is 12.2 Å². The van der Waals surface area contributed by atoms with Crippen LogP contribution in [0, 0.1) is 0 Å². The first-order valence-electron chi connectivity index (χ1n) is 3.23. The lowest BCUT2D eigenvalue weighted by Crippen LogP contribution is -2.41. The van der Waals surface area contributed by atoms with E-state index < -0.39 is 6.43 Å². The largest absolute Gasteiger partial charge is 0.392 e. The summed E-state index contributed by atoms with van der Waals surface area (Å²) in [5, 5.41) is 0. The normalized spacial score (nSPS) is 14.0. The zero-order chi connectivity index (χ0) is 9.02. The molecule has 0 aliphatic heterocycles. The predicted octanol–water partition coefficient (Wildman–Crippen LogP) is 0.858. The summed E-state index contributed by atoms with van der Waals surface area (Å²) < 4.78 is 23.6. The standard InChI is InChI=1S/C6H12F2N2S/c1-4(6(9)11)10(2)3-5(7)8/h4-5H,3H2,1-2H3,(H2,9,11). The number of rotatable bonds is 4. The molecule has 0 aliphatic rings. The fourth-order valence-electron chi connectivity index (χ4n) is 0.593. The van der Waals surface area contributed by atoms with Crippen molar-refractivity contribution >= 4 is 17.2 Å². The highest BCUT2D eigenvalue weighted by Gasteiger charge is 2.15. The summed E-state index contributed by atoms with van der Waals surface area (Å²) >= 11 is 4.64. The van der Waals surface area contributed by atoms with E-state index in [1.807, 2.05) is 0 Å². The minimum atomic E-state index is -2.34. The molecule has 2 nitrogen and oxygen atoms in total. The molecule has 5 heteroatoms. The van der Waals surface area contributed by atoms with Crippen LogP contribution in [0.5, 0.6) is 0 Å². The summed E-state index contributed by atoms with van der Waals surface area (Å²) in [7, 11) is 1.57. The van der Waals surface area contributed by atoms with Crippen molar-refractivity contribution in [3.8, 4) is 0 Å². The van der Waals surface area contributed by atoms with E-state index in [4.69, 9.17) is 5.73 Å². The van der Waals surface area contributed by atoms with Crippen molar-refractivity contribution in [2.75, 3.05) is 13.6 Å². The number of alkyl halides is 2. The van der Waals surface area contributed by atoms with Gasteiger partial charge < -0.3 is 5.73 Å². The highest BCUT2D eigenvalue weighted by atomic mass is 32.1. The van der Waals surface area contributed by atoms with Gasteiger partial charge in [-0.25, -0.2) is 8.78 Å². The molecule has 1 unspecified atom stereocenters. The molecule has 66 valence electrons. The van der Waals surface area contributed by atoms with Gasteiger partial charge in [-0.15, -0.1) is 0 Å². The fraction of sp³-hybridized carbons (Fsp3) is 0.833. The Morgan fingerprint density at radius 3 is 2.36 bits per heavy atom.